The SMILES string of the molecule is CCC1CC2CCCC(CNC(=O)c3cccc4nc(CC(=O)N(C)CC(C)(C)O)cn34)(C1)C2. The van der Waals surface area contributed by atoms with E-state index in [4.69, 9.17) is 0 Å². The van der Waals surface area contributed by atoms with Crippen LogP contribution in [0.4, 0.5) is 0 Å². The van der Waals surface area contributed by atoms with Crippen molar-refractivity contribution >= 4 is 17.5 Å². The van der Waals surface area contributed by atoms with Crippen molar-refractivity contribution in [2.24, 2.45) is 17.3 Å². The predicted octanol–water partition coefficient (Wildman–Crippen LogP) is 3.83. The van der Waals surface area contributed by atoms with E-state index in [9.17, 15) is 14.7 Å². The van der Waals surface area contributed by atoms with Crippen LogP contribution in [0.15, 0.2) is 24.4 Å². The average molecular weight is 469 g/mol. The number of hydrogen-bond acceptors (Lipinski definition) is 4. The molecule has 7 nitrogen and oxygen atoms in total. The van der Waals surface area contributed by atoms with Gasteiger partial charge in [0.15, 0.2) is 0 Å². The van der Waals surface area contributed by atoms with Gasteiger partial charge < -0.3 is 15.3 Å². The number of fused-ring (bicyclic) bond motifs is 3. The molecule has 2 N–H and O–H groups in total. The first-order chi connectivity index (χ1) is 16.1. The van der Waals surface area contributed by atoms with Gasteiger partial charge in [-0.2, -0.15) is 0 Å². The van der Waals surface area contributed by atoms with Gasteiger partial charge >= 0.3 is 0 Å². The molecule has 0 radical (unpaired) electrons. The lowest BCUT2D eigenvalue weighted by molar-refractivity contribution is -0.131. The first kappa shape index (κ1) is 24.7. The van der Waals surface area contributed by atoms with Crippen LogP contribution >= 0.6 is 0 Å². The topological polar surface area (TPSA) is 86.9 Å². The quantitative estimate of drug-likeness (QED) is 0.616. The molecule has 2 aromatic heterocycles. The van der Waals surface area contributed by atoms with Crippen LogP contribution in [0.2, 0.25) is 0 Å². The molecule has 0 aromatic carbocycles. The van der Waals surface area contributed by atoms with Crippen molar-refractivity contribution in [3.8, 4) is 0 Å². The number of likely N-dealkylation sites (N-methyl/N-ethyl adjacent to an activating group) is 1. The highest BCUT2D eigenvalue weighted by atomic mass is 16.3. The van der Waals surface area contributed by atoms with Crippen LogP contribution in [0.1, 0.15) is 81.9 Å². The number of nitrogens with zero attached hydrogens (tertiary/aromatic N) is 3. The minimum atomic E-state index is -0.956. The van der Waals surface area contributed by atoms with Crippen LogP contribution in [0.3, 0.4) is 0 Å². The number of imidazole rings is 1. The summed E-state index contributed by atoms with van der Waals surface area (Å²) in [6.45, 7) is 6.62. The zero-order chi connectivity index (χ0) is 24.5. The van der Waals surface area contributed by atoms with Crippen LogP contribution in [-0.4, -0.2) is 56.9 Å². The second-order valence-corrected chi connectivity index (χ2v) is 11.5. The third-order valence-electron chi connectivity index (χ3n) is 7.79. The van der Waals surface area contributed by atoms with Gasteiger partial charge in [0.25, 0.3) is 5.91 Å². The molecule has 2 saturated carbocycles. The van der Waals surface area contributed by atoms with Crippen LogP contribution in [0.25, 0.3) is 5.65 Å². The average Bonchev–Trinajstić information content (AvgIpc) is 3.18. The van der Waals surface area contributed by atoms with E-state index in [1.54, 1.807) is 31.5 Å². The number of carbonyl (C=O) groups excluding carboxylic acids is 2. The molecule has 2 aliphatic carbocycles. The maximum Gasteiger partial charge on any atom is 0.268 e. The standard InChI is InChI=1S/C27H40N4O3/c1-5-19-12-20-8-7-11-27(14-19,15-20)17-28-25(33)22-9-6-10-23-29-21(16-31(22)23)13-24(32)30(4)18-26(2,3)34/h6,9-10,16,19-20,34H,5,7-8,11-15,17-18H2,1-4H3,(H,28,33). The van der Waals surface area contributed by atoms with Crippen LogP contribution in [0.5, 0.6) is 0 Å². The molecule has 3 unspecified atom stereocenters. The van der Waals surface area contributed by atoms with Crippen molar-refractivity contribution in [1.29, 1.82) is 0 Å². The van der Waals surface area contributed by atoms with Crippen molar-refractivity contribution in [3.63, 3.8) is 0 Å². The monoisotopic (exact) mass is 468 g/mol. The lowest BCUT2D eigenvalue weighted by Gasteiger charge is -2.48. The summed E-state index contributed by atoms with van der Waals surface area (Å²) >= 11 is 0. The molecular formula is C27H40N4O3. The molecule has 2 aromatic rings. The summed E-state index contributed by atoms with van der Waals surface area (Å²) in [6, 6.07) is 5.50. The fraction of sp³-hybridized carbons (Fsp3) is 0.667. The number of pyridine rings is 1. The molecule has 2 fully saturated rings. The molecule has 2 bridgehead atoms. The molecule has 7 heteroatoms. The molecular weight excluding hydrogens is 428 g/mol. The van der Waals surface area contributed by atoms with Gasteiger partial charge in [0.2, 0.25) is 5.91 Å². The minimum absolute atomic E-state index is 0.0878. The Labute approximate surface area is 202 Å². The zero-order valence-electron chi connectivity index (χ0n) is 21.1. The van der Waals surface area contributed by atoms with Crippen molar-refractivity contribution in [2.45, 2.75) is 77.7 Å². The van der Waals surface area contributed by atoms with E-state index in [0.717, 1.165) is 18.4 Å². The highest BCUT2D eigenvalue weighted by Gasteiger charge is 2.42. The second-order valence-electron chi connectivity index (χ2n) is 11.5. The molecule has 2 aliphatic rings. The van der Waals surface area contributed by atoms with E-state index in [-0.39, 0.29) is 30.2 Å². The Hall–Kier alpha value is -2.41. The minimum Gasteiger partial charge on any atom is -0.389 e. The van der Waals surface area contributed by atoms with E-state index in [1.807, 2.05) is 18.2 Å². The number of rotatable bonds is 8. The molecule has 3 atom stereocenters. The number of aliphatic hydroxyl groups is 1. The van der Waals surface area contributed by atoms with Crippen molar-refractivity contribution in [3.05, 3.63) is 35.8 Å². The summed E-state index contributed by atoms with van der Waals surface area (Å²) in [5.41, 5.74) is 1.09. The summed E-state index contributed by atoms with van der Waals surface area (Å²) in [4.78, 5) is 31.9. The smallest absolute Gasteiger partial charge is 0.268 e. The van der Waals surface area contributed by atoms with Gasteiger partial charge in [-0.05, 0) is 68.9 Å². The van der Waals surface area contributed by atoms with E-state index in [2.05, 4.69) is 17.2 Å². The zero-order valence-corrected chi connectivity index (χ0v) is 21.1. The Bertz CT molecular complexity index is 1040. The maximum absolute atomic E-state index is 13.2. The van der Waals surface area contributed by atoms with Gasteiger partial charge in [-0.1, -0.05) is 32.3 Å². The van der Waals surface area contributed by atoms with E-state index >= 15 is 0 Å². The van der Waals surface area contributed by atoms with Gasteiger partial charge in [0.05, 0.1) is 17.7 Å². The fourth-order valence-electron chi connectivity index (χ4n) is 6.33. The molecule has 0 saturated heterocycles. The Morgan fingerprint density at radius 1 is 1.32 bits per heavy atom. The van der Waals surface area contributed by atoms with Crippen LogP contribution in [-0.2, 0) is 11.2 Å². The van der Waals surface area contributed by atoms with Crippen molar-refractivity contribution in [2.75, 3.05) is 20.1 Å². The van der Waals surface area contributed by atoms with Gasteiger partial charge in [0, 0.05) is 26.3 Å². The Morgan fingerprint density at radius 3 is 2.85 bits per heavy atom. The summed E-state index contributed by atoms with van der Waals surface area (Å²) in [5, 5.41) is 13.2. The Morgan fingerprint density at radius 2 is 2.12 bits per heavy atom. The summed E-state index contributed by atoms with van der Waals surface area (Å²) in [7, 11) is 1.68. The van der Waals surface area contributed by atoms with Gasteiger partial charge in [-0.3, -0.25) is 14.0 Å². The highest BCUT2D eigenvalue weighted by Crippen LogP contribution is 2.51. The van der Waals surface area contributed by atoms with Gasteiger partial charge in [0.1, 0.15) is 11.3 Å². The van der Waals surface area contributed by atoms with Crippen molar-refractivity contribution in [1.82, 2.24) is 19.6 Å². The fourth-order valence-corrected chi connectivity index (χ4v) is 6.33. The number of nitrogens with one attached hydrogen (secondary N) is 1. The normalized spacial score (nSPS) is 24.7. The first-order valence-corrected chi connectivity index (χ1v) is 12.8. The molecule has 2 heterocycles. The number of carbonyl (C=O) groups is 2. The molecule has 34 heavy (non-hydrogen) atoms. The predicted molar refractivity (Wildman–Crippen MR) is 133 cm³/mol. The van der Waals surface area contributed by atoms with Crippen molar-refractivity contribution < 1.29 is 14.7 Å². The first-order valence-electron chi connectivity index (χ1n) is 12.8. The lowest BCUT2D eigenvalue weighted by Crippen LogP contribution is -2.45. The van der Waals surface area contributed by atoms with Crippen LogP contribution in [0, 0.1) is 17.3 Å². The maximum atomic E-state index is 13.2. The Balaban J connectivity index is 1.45. The van der Waals surface area contributed by atoms with Gasteiger partial charge in [-0.25, -0.2) is 4.98 Å². The Kier molecular flexibility index (Phi) is 7.04. The summed E-state index contributed by atoms with van der Waals surface area (Å²) in [6.07, 6.45) is 10.8. The van der Waals surface area contributed by atoms with Gasteiger partial charge in [-0.15, -0.1) is 0 Å². The molecule has 0 spiro atoms. The summed E-state index contributed by atoms with van der Waals surface area (Å²) < 4.78 is 1.78. The van der Waals surface area contributed by atoms with Crippen LogP contribution < -0.4 is 5.32 Å². The van der Waals surface area contributed by atoms with E-state index < -0.39 is 5.60 Å². The third-order valence-corrected chi connectivity index (χ3v) is 7.79. The second kappa shape index (κ2) is 9.68. The number of amides is 2. The largest absolute Gasteiger partial charge is 0.389 e. The number of aromatic nitrogens is 2. The van der Waals surface area contributed by atoms with E-state index in [0.29, 0.717) is 17.0 Å². The molecule has 2 amide bonds. The summed E-state index contributed by atoms with van der Waals surface area (Å²) in [5.74, 6) is 1.39. The van der Waals surface area contributed by atoms with E-state index in [1.165, 1.54) is 49.8 Å². The highest BCUT2D eigenvalue weighted by molar-refractivity contribution is 5.93. The lowest BCUT2D eigenvalue weighted by atomic mass is 9.58. The number of hydrogen-bond donors (Lipinski definition) is 2. The molecule has 4 rings (SSSR count). The molecule has 186 valence electrons. The molecule has 0 aliphatic heterocycles. The third kappa shape index (κ3) is 5.62.